The van der Waals surface area contributed by atoms with Gasteiger partial charge in [0.15, 0.2) is 0 Å². The lowest BCUT2D eigenvalue weighted by atomic mass is 9.89. The Labute approximate surface area is 481 Å². The Bertz CT molecular complexity index is 2410. The molecule has 2 unspecified atom stereocenters. The van der Waals surface area contributed by atoms with Crippen LogP contribution in [0, 0.1) is 23.7 Å². The highest BCUT2D eigenvalue weighted by Crippen LogP contribution is 2.31. The number of imide groups is 1. The number of esters is 1. The van der Waals surface area contributed by atoms with Crippen molar-refractivity contribution < 1.29 is 52.6 Å². The fraction of sp³-hybridized carbons (Fsp3) is 0.629. The number of ether oxygens (including phenoxy) is 3. The molecule has 7 amide bonds. The zero-order valence-electron chi connectivity index (χ0n) is 50.5. The molecule has 0 radical (unpaired) electrons. The first-order chi connectivity index (χ1) is 38.6. The van der Waals surface area contributed by atoms with E-state index in [1.807, 2.05) is 121 Å². The molecule has 0 aromatic heterocycles. The maximum absolute atomic E-state index is 14.5. The molecule has 1 fully saturated rings. The predicted octanol–water partition coefficient (Wildman–Crippen LogP) is 6.99. The Balaban J connectivity index is 1.37. The predicted molar refractivity (Wildman–Crippen MR) is 312 cm³/mol. The average molecular weight is 1130 g/mol. The number of rotatable bonds is 34. The molecule has 19 heteroatoms. The number of hydrazone groups is 1. The zero-order chi connectivity index (χ0) is 59.9. The number of carbonyl (C=O) groups is 8. The number of benzene rings is 2. The van der Waals surface area contributed by atoms with Gasteiger partial charge in [0, 0.05) is 59.4 Å². The summed E-state index contributed by atoms with van der Waals surface area (Å²) in [5, 5.41) is 10.6. The van der Waals surface area contributed by atoms with Gasteiger partial charge in [-0.15, -0.1) is 0 Å². The Morgan fingerprint density at radius 2 is 1.36 bits per heavy atom. The second kappa shape index (κ2) is 33.6. The number of hydrogen-bond donors (Lipinski definition) is 3. The lowest BCUT2D eigenvalue weighted by molar-refractivity contribution is -0.152. The molecule has 0 saturated carbocycles. The third kappa shape index (κ3) is 19.7. The largest absolute Gasteiger partial charge is 0.455 e. The fourth-order valence-electron chi connectivity index (χ4n) is 11.2. The van der Waals surface area contributed by atoms with Gasteiger partial charge in [0.05, 0.1) is 54.4 Å². The maximum atomic E-state index is 14.5. The summed E-state index contributed by atoms with van der Waals surface area (Å²) in [5.41, 5.74) is 4.87. The van der Waals surface area contributed by atoms with E-state index in [2.05, 4.69) is 21.2 Å². The minimum absolute atomic E-state index is 0.0151. The van der Waals surface area contributed by atoms with E-state index in [4.69, 9.17) is 14.2 Å². The van der Waals surface area contributed by atoms with Crippen molar-refractivity contribution in [3.8, 4) is 0 Å². The van der Waals surface area contributed by atoms with Crippen molar-refractivity contribution in [1.82, 2.24) is 35.7 Å². The first-order valence-corrected chi connectivity index (χ1v) is 29.1. The standard InChI is InChI=1S/C62H94N8O11/c1-14-42(6)57(68(11)62(78)55(40(2)3)64-61(77)56(41(4)5)67(9)10)49(79-12)39-53(74)69-38-26-32-48(69)58(80-13)43(7)60(76)63-44(8)59(46-29-20-16-21-30-46)81-54(75)34-24-23-31-47(45-27-18-15-19-28-45)65-66-50(71)33-22-17-25-37-70-51(72)35-36-52(70)73/h15-16,18-21,27-30,35-36,40-44,48-49,55-59H,14,17,22-26,31-34,37-39H2,1-13H3,(H,63,76)(H,64,77)(H,66,71)/b65-47-/t42-,43+,44+,48-,49?,55-,56-,57-,58+,59?/m0/s1. The van der Waals surface area contributed by atoms with Gasteiger partial charge < -0.3 is 34.6 Å². The average Bonchev–Trinajstić information content (AvgIpc) is 4.11. The van der Waals surface area contributed by atoms with Gasteiger partial charge in [-0.05, 0) is 94.8 Å². The van der Waals surface area contributed by atoms with Crippen LogP contribution in [0.5, 0.6) is 0 Å². The van der Waals surface area contributed by atoms with Crippen LogP contribution < -0.4 is 16.1 Å². The monoisotopic (exact) mass is 1130 g/mol. The Morgan fingerprint density at radius 1 is 0.741 bits per heavy atom. The summed E-state index contributed by atoms with van der Waals surface area (Å²) >= 11 is 0. The summed E-state index contributed by atoms with van der Waals surface area (Å²) in [6.07, 6.45) is 5.97. The minimum atomic E-state index is -0.823. The fourth-order valence-corrected chi connectivity index (χ4v) is 11.2. The molecule has 2 aromatic carbocycles. The van der Waals surface area contributed by atoms with E-state index in [-0.39, 0.29) is 78.4 Å². The van der Waals surface area contributed by atoms with Gasteiger partial charge in [-0.2, -0.15) is 5.10 Å². The molecule has 448 valence electrons. The van der Waals surface area contributed by atoms with Crippen molar-refractivity contribution in [3.63, 3.8) is 0 Å². The highest BCUT2D eigenvalue weighted by molar-refractivity contribution is 6.12. The second-order valence-electron chi connectivity index (χ2n) is 22.7. The maximum Gasteiger partial charge on any atom is 0.306 e. The number of nitrogens with zero attached hydrogens (tertiary/aromatic N) is 5. The van der Waals surface area contributed by atoms with Gasteiger partial charge in [0.25, 0.3) is 11.8 Å². The van der Waals surface area contributed by atoms with Crippen molar-refractivity contribution >= 4 is 53.0 Å². The molecule has 2 heterocycles. The summed E-state index contributed by atoms with van der Waals surface area (Å²) < 4.78 is 18.3. The Morgan fingerprint density at radius 3 is 1.94 bits per heavy atom. The third-order valence-electron chi connectivity index (χ3n) is 15.8. The third-order valence-corrected chi connectivity index (χ3v) is 15.8. The van der Waals surface area contributed by atoms with Crippen LogP contribution in [-0.2, 0) is 52.6 Å². The van der Waals surface area contributed by atoms with Gasteiger partial charge in [-0.3, -0.25) is 48.2 Å². The highest BCUT2D eigenvalue weighted by atomic mass is 16.5. The van der Waals surface area contributed by atoms with Gasteiger partial charge >= 0.3 is 5.97 Å². The summed E-state index contributed by atoms with van der Waals surface area (Å²) in [6.45, 7) is 16.1. The normalized spacial score (nSPS) is 18.0. The van der Waals surface area contributed by atoms with Crippen LogP contribution in [0.4, 0.5) is 0 Å². The zero-order valence-corrected chi connectivity index (χ0v) is 50.5. The molecule has 0 aliphatic carbocycles. The van der Waals surface area contributed by atoms with E-state index >= 15 is 0 Å². The van der Waals surface area contributed by atoms with Crippen molar-refractivity contribution in [2.75, 3.05) is 48.5 Å². The quantitative estimate of drug-likeness (QED) is 0.0212. The van der Waals surface area contributed by atoms with Crippen LogP contribution in [0.25, 0.3) is 0 Å². The number of nitrogens with one attached hydrogen (secondary N) is 3. The number of carbonyl (C=O) groups excluding carboxylic acids is 8. The topological polar surface area (TPSA) is 226 Å². The number of likely N-dealkylation sites (N-methyl/N-ethyl adjacent to an activating group) is 2. The molecule has 81 heavy (non-hydrogen) atoms. The van der Waals surface area contributed by atoms with E-state index < -0.39 is 60.4 Å². The summed E-state index contributed by atoms with van der Waals surface area (Å²) in [6, 6.07) is 15.9. The van der Waals surface area contributed by atoms with Crippen LogP contribution in [0.2, 0.25) is 0 Å². The number of likely N-dealkylation sites (tertiary alicyclic amines) is 1. The van der Waals surface area contributed by atoms with E-state index in [0.717, 1.165) is 5.56 Å². The lowest BCUT2D eigenvalue weighted by Crippen LogP contribution is -2.59. The molecular weight excluding hydrogens is 1030 g/mol. The first-order valence-electron chi connectivity index (χ1n) is 29.1. The SMILES string of the molecule is CC[C@H](C)[C@@H](C(CC(=O)N1CCC[C@H]1[C@H](OC)[C@@H](C)C(=O)N[C@H](C)C(OC(=O)CCCC/C(=N/NC(=O)CCCCCN1C(=O)C=CC1=O)c1ccccc1)c1ccccc1)OC)N(C)C(=O)[C@@H](NC(=O)[C@H](C(C)C)N(C)C)C(C)C. The van der Waals surface area contributed by atoms with Crippen LogP contribution in [0.3, 0.4) is 0 Å². The van der Waals surface area contributed by atoms with Crippen molar-refractivity contribution in [3.05, 3.63) is 83.9 Å². The molecule has 1 saturated heterocycles. The summed E-state index contributed by atoms with van der Waals surface area (Å²) in [5.74, 6) is -3.32. The van der Waals surface area contributed by atoms with Gasteiger partial charge in [0.1, 0.15) is 12.1 Å². The summed E-state index contributed by atoms with van der Waals surface area (Å²) in [4.78, 5) is 113. The molecule has 0 spiro atoms. The van der Waals surface area contributed by atoms with Gasteiger partial charge in [-0.25, -0.2) is 5.43 Å². The molecule has 10 atom stereocenters. The molecule has 3 N–H and O–H groups in total. The minimum Gasteiger partial charge on any atom is -0.455 e. The lowest BCUT2D eigenvalue weighted by Gasteiger charge is -2.41. The number of methoxy groups -OCH3 is 2. The molecular formula is C62H94N8O11. The molecule has 2 aliphatic heterocycles. The van der Waals surface area contributed by atoms with Gasteiger partial charge in [0.2, 0.25) is 29.5 Å². The van der Waals surface area contributed by atoms with Crippen molar-refractivity contribution in [2.24, 2.45) is 28.8 Å². The van der Waals surface area contributed by atoms with Crippen molar-refractivity contribution in [2.45, 2.75) is 181 Å². The number of amides is 7. The molecule has 4 rings (SSSR count). The van der Waals surface area contributed by atoms with Crippen molar-refractivity contribution in [1.29, 1.82) is 0 Å². The number of hydrogen-bond acceptors (Lipinski definition) is 13. The molecule has 19 nitrogen and oxygen atoms in total. The van der Waals surface area contributed by atoms with E-state index in [0.29, 0.717) is 82.2 Å². The van der Waals surface area contributed by atoms with Gasteiger partial charge in [-0.1, -0.05) is 122 Å². The molecule has 2 aliphatic rings. The molecule has 0 bridgehead atoms. The van der Waals surface area contributed by atoms with E-state index in [1.165, 1.54) is 24.2 Å². The Hall–Kier alpha value is -6.31. The Kier molecular flexibility index (Phi) is 27.9. The first kappa shape index (κ1) is 67.2. The second-order valence-corrected chi connectivity index (χ2v) is 22.7. The van der Waals surface area contributed by atoms with Crippen LogP contribution >= 0.6 is 0 Å². The highest BCUT2D eigenvalue weighted by Gasteiger charge is 2.44. The van der Waals surface area contributed by atoms with Crippen LogP contribution in [0.15, 0.2) is 77.9 Å². The van der Waals surface area contributed by atoms with E-state index in [9.17, 15) is 38.4 Å². The number of unbranched alkanes of at least 4 members (excludes halogenated alkanes) is 3. The summed E-state index contributed by atoms with van der Waals surface area (Å²) in [7, 11) is 8.50. The van der Waals surface area contributed by atoms with E-state index in [1.54, 1.807) is 37.8 Å². The smallest absolute Gasteiger partial charge is 0.306 e. The van der Waals surface area contributed by atoms with Crippen LogP contribution in [0.1, 0.15) is 150 Å². The molecule has 2 aromatic rings. The van der Waals surface area contributed by atoms with Crippen LogP contribution in [-0.4, -0.2) is 164 Å².